The van der Waals surface area contributed by atoms with Crippen molar-refractivity contribution in [2.45, 2.75) is 66.0 Å². The smallest absolute Gasteiger partial charge is 0.373 e. The molecule has 1 aromatic rings. The van der Waals surface area contributed by atoms with Gasteiger partial charge in [0.25, 0.3) is 0 Å². The van der Waals surface area contributed by atoms with E-state index in [0.717, 1.165) is 13.0 Å². The lowest BCUT2D eigenvalue weighted by atomic mass is 9.90. The fourth-order valence-corrected chi connectivity index (χ4v) is 7.23. The summed E-state index contributed by atoms with van der Waals surface area (Å²) in [5.41, 5.74) is 2.97. The van der Waals surface area contributed by atoms with Crippen LogP contribution < -0.4 is 4.90 Å². The van der Waals surface area contributed by atoms with Crippen LogP contribution in [-0.2, 0) is 13.3 Å². The molecule has 1 aliphatic heterocycles. The van der Waals surface area contributed by atoms with Gasteiger partial charge in [-0.3, -0.25) is 0 Å². The molecule has 2 rings (SSSR count). The second-order valence-corrected chi connectivity index (χ2v) is 10.2. The Morgan fingerprint density at radius 3 is 2.04 bits per heavy atom. The second-order valence-electron chi connectivity index (χ2n) is 7.49. The quantitative estimate of drug-likeness (QED) is 0.506. The molecule has 1 heterocycles. The molecule has 0 N–H and O–H groups in total. The minimum atomic E-state index is -2.72. The fraction of sp³-hybridized carbons (Fsp3) is 0.714. The average Bonchev–Trinajstić information content (AvgIpc) is 2.54. The van der Waals surface area contributed by atoms with Crippen LogP contribution in [-0.4, -0.2) is 40.8 Å². The van der Waals surface area contributed by atoms with Gasteiger partial charge in [-0.1, -0.05) is 39.0 Å². The number of rotatable bonds is 11. The zero-order valence-electron chi connectivity index (χ0n) is 17.5. The van der Waals surface area contributed by atoms with Crippen molar-refractivity contribution in [3.8, 4) is 0 Å². The van der Waals surface area contributed by atoms with Crippen LogP contribution >= 0.6 is 0 Å². The Morgan fingerprint density at radius 1 is 1.00 bits per heavy atom. The highest BCUT2D eigenvalue weighted by molar-refractivity contribution is 6.63. The number of para-hydroxylation sites is 1. The van der Waals surface area contributed by atoms with Crippen molar-refractivity contribution in [3.05, 3.63) is 29.8 Å². The summed E-state index contributed by atoms with van der Waals surface area (Å²) in [7, 11) is -2.72. The molecule has 4 nitrogen and oxygen atoms in total. The van der Waals surface area contributed by atoms with Crippen LogP contribution in [0.4, 0.5) is 5.69 Å². The van der Waals surface area contributed by atoms with Gasteiger partial charge in [0.2, 0.25) is 0 Å². The third-order valence-electron chi connectivity index (χ3n) is 5.07. The summed E-state index contributed by atoms with van der Waals surface area (Å²) in [6.45, 7) is 15.9. The molecular formula is C21H37NO3Si. The zero-order chi connectivity index (χ0) is 19.2. The molecular weight excluding hydrogens is 342 g/mol. The summed E-state index contributed by atoms with van der Waals surface area (Å²) in [5.74, 6) is 1.23. The maximum atomic E-state index is 6.18. The van der Waals surface area contributed by atoms with E-state index in [1.807, 2.05) is 20.8 Å². The van der Waals surface area contributed by atoms with E-state index in [1.54, 1.807) is 0 Å². The molecule has 0 radical (unpaired) electrons. The molecule has 5 heteroatoms. The molecule has 2 atom stereocenters. The van der Waals surface area contributed by atoms with E-state index in [-0.39, 0.29) is 5.67 Å². The summed E-state index contributed by atoms with van der Waals surface area (Å²) in [6.07, 6.45) is 2.26. The van der Waals surface area contributed by atoms with Crippen molar-refractivity contribution in [1.82, 2.24) is 0 Å². The number of anilines is 1. The Labute approximate surface area is 161 Å². The van der Waals surface area contributed by atoms with Gasteiger partial charge < -0.3 is 18.2 Å². The summed E-state index contributed by atoms with van der Waals surface area (Å²) in [6, 6.07) is 8.83. The normalized spacial score (nSPS) is 18.9. The molecule has 0 bridgehead atoms. The molecule has 0 spiro atoms. The third-order valence-corrected chi connectivity index (χ3v) is 8.56. The van der Waals surface area contributed by atoms with Gasteiger partial charge in [-0.05, 0) is 57.1 Å². The first kappa shape index (κ1) is 21.4. The van der Waals surface area contributed by atoms with Crippen LogP contribution in [0.3, 0.4) is 0 Å². The van der Waals surface area contributed by atoms with E-state index in [9.17, 15) is 0 Å². The van der Waals surface area contributed by atoms with Crippen LogP contribution in [0.15, 0.2) is 24.3 Å². The Balaban J connectivity index is 2.31. The minimum Gasteiger partial charge on any atom is -0.373 e. The summed E-state index contributed by atoms with van der Waals surface area (Å²) in [4.78, 5) is 2.47. The van der Waals surface area contributed by atoms with Gasteiger partial charge in [0, 0.05) is 32.1 Å². The highest BCUT2D eigenvalue weighted by Gasteiger charge is 2.56. The van der Waals surface area contributed by atoms with E-state index in [4.69, 9.17) is 13.3 Å². The number of hydrogen-bond acceptors (Lipinski definition) is 4. The topological polar surface area (TPSA) is 30.9 Å². The largest absolute Gasteiger partial charge is 0.524 e. The van der Waals surface area contributed by atoms with E-state index in [1.165, 1.54) is 17.7 Å². The molecule has 0 amide bonds. The molecule has 0 aliphatic carbocycles. The Hall–Kier alpha value is -0.883. The standard InChI is InChI=1S/C21H37NO3Si/c1-7-23-26(24-8-2,25-9-3)21-14-15-22(21)20-13-11-10-12-19(20)18(6)16-17(4)5/h10-13,17-18,21H,7-9,14-16H2,1-6H3. The predicted molar refractivity (Wildman–Crippen MR) is 111 cm³/mol. The molecule has 1 fully saturated rings. The number of hydrogen-bond donors (Lipinski definition) is 0. The molecule has 148 valence electrons. The first-order valence-electron chi connectivity index (χ1n) is 10.3. The molecule has 1 saturated heterocycles. The van der Waals surface area contributed by atoms with E-state index < -0.39 is 8.80 Å². The van der Waals surface area contributed by atoms with Crippen LogP contribution in [0, 0.1) is 5.92 Å². The van der Waals surface area contributed by atoms with Crippen molar-refractivity contribution in [1.29, 1.82) is 0 Å². The zero-order valence-corrected chi connectivity index (χ0v) is 18.5. The third kappa shape index (κ3) is 4.69. The Bertz CT molecular complexity index is 535. The lowest BCUT2D eigenvalue weighted by Gasteiger charge is -2.50. The van der Waals surface area contributed by atoms with Gasteiger partial charge in [-0.25, -0.2) is 0 Å². The molecule has 2 unspecified atom stereocenters. The summed E-state index contributed by atoms with van der Waals surface area (Å²) < 4.78 is 18.6. The van der Waals surface area contributed by atoms with Crippen LogP contribution in [0.5, 0.6) is 0 Å². The highest BCUT2D eigenvalue weighted by atomic mass is 28.4. The second kappa shape index (κ2) is 9.88. The Morgan fingerprint density at radius 2 is 1.58 bits per heavy atom. The molecule has 1 aromatic carbocycles. The van der Waals surface area contributed by atoms with Crippen molar-refractivity contribution < 1.29 is 13.3 Å². The maximum absolute atomic E-state index is 6.18. The molecule has 26 heavy (non-hydrogen) atoms. The summed E-state index contributed by atoms with van der Waals surface area (Å²) >= 11 is 0. The lowest BCUT2D eigenvalue weighted by molar-refractivity contribution is 0.0550. The van der Waals surface area contributed by atoms with Crippen molar-refractivity contribution in [3.63, 3.8) is 0 Å². The van der Waals surface area contributed by atoms with E-state index in [2.05, 4.69) is 49.9 Å². The van der Waals surface area contributed by atoms with Gasteiger partial charge in [-0.15, -0.1) is 0 Å². The van der Waals surface area contributed by atoms with Gasteiger partial charge in [0.05, 0.1) is 0 Å². The van der Waals surface area contributed by atoms with Crippen LogP contribution in [0.1, 0.15) is 65.9 Å². The lowest BCUT2D eigenvalue weighted by Crippen LogP contribution is -2.69. The van der Waals surface area contributed by atoms with Crippen LogP contribution in [0.2, 0.25) is 0 Å². The van der Waals surface area contributed by atoms with Crippen molar-refractivity contribution >= 4 is 14.5 Å². The average molecular weight is 380 g/mol. The van der Waals surface area contributed by atoms with Crippen molar-refractivity contribution in [2.75, 3.05) is 31.3 Å². The predicted octanol–water partition coefficient (Wildman–Crippen LogP) is 5.00. The first-order valence-corrected chi connectivity index (χ1v) is 12.1. The molecule has 0 saturated carbocycles. The maximum Gasteiger partial charge on any atom is 0.524 e. The fourth-order valence-electron chi connectivity index (χ4n) is 4.06. The van der Waals surface area contributed by atoms with E-state index >= 15 is 0 Å². The first-order chi connectivity index (χ1) is 12.5. The van der Waals surface area contributed by atoms with Crippen molar-refractivity contribution in [2.24, 2.45) is 5.92 Å². The molecule has 1 aliphatic rings. The van der Waals surface area contributed by atoms with E-state index in [0.29, 0.717) is 31.7 Å². The van der Waals surface area contributed by atoms with Gasteiger partial charge in [0.1, 0.15) is 5.67 Å². The highest BCUT2D eigenvalue weighted by Crippen LogP contribution is 2.39. The van der Waals surface area contributed by atoms with Gasteiger partial charge >= 0.3 is 8.80 Å². The van der Waals surface area contributed by atoms with Gasteiger partial charge in [-0.2, -0.15) is 0 Å². The minimum absolute atomic E-state index is 0.217. The summed E-state index contributed by atoms with van der Waals surface area (Å²) in [5, 5.41) is 0. The number of benzene rings is 1. The SMILES string of the molecule is CCO[Si](OCC)(OCC)C1CCN1c1ccccc1C(C)CC(C)C. The molecule has 0 aromatic heterocycles. The Kier molecular flexibility index (Phi) is 8.14. The monoisotopic (exact) mass is 379 g/mol. The number of nitrogens with zero attached hydrogens (tertiary/aromatic N) is 1. The van der Waals surface area contributed by atoms with Crippen LogP contribution in [0.25, 0.3) is 0 Å². The van der Waals surface area contributed by atoms with Gasteiger partial charge in [0.15, 0.2) is 0 Å².